The van der Waals surface area contributed by atoms with E-state index in [0.717, 1.165) is 31.1 Å². The molecule has 1 aromatic carbocycles. The Hall–Kier alpha value is -3.28. The molecule has 6 heteroatoms. The summed E-state index contributed by atoms with van der Waals surface area (Å²) in [5, 5.41) is 6.86. The summed E-state index contributed by atoms with van der Waals surface area (Å²) in [5.41, 5.74) is 1.97. The largest absolute Gasteiger partial charge is 0.349 e. The number of carbonyl (C=O) groups is 2. The van der Waals surface area contributed by atoms with Crippen LogP contribution in [-0.4, -0.2) is 27.8 Å². The molecule has 28 heavy (non-hydrogen) atoms. The Kier molecular flexibility index (Phi) is 5.28. The van der Waals surface area contributed by atoms with Crippen molar-refractivity contribution in [2.24, 2.45) is 0 Å². The summed E-state index contributed by atoms with van der Waals surface area (Å²) in [4.78, 5) is 33.7. The molecule has 1 aliphatic rings. The topological polar surface area (TPSA) is 84.0 Å². The van der Waals surface area contributed by atoms with Crippen molar-refractivity contribution in [3.63, 3.8) is 0 Å². The summed E-state index contributed by atoms with van der Waals surface area (Å²) in [7, 11) is 0. The zero-order valence-electron chi connectivity index (χ0n) is 15.5. The smallest absolute Gasteiger partial charge is 0.274 e. The molecule has 2 aromatic heterocycles. The highest BCUT2D eigenvalue weighted by atomic mass is 16.2. The first kappa shape index (κ1) is 18.1. The number of para-hydroxylation sites is 1. The third kappa shape index (κ3) is 4.01. The fourth-order valence-corrected chi connectivity index (χ4v) is 3.60. The molecule has 4 rings (SSSR count). The van der Waals surface area contributed by atoms with Crippen LogP contribution in [0.25, 0.3) is 10.9 Å². The van der Waals surface area contributed by atoms with Crippen LogP contribution in [0.15, 0.2) is 54.9 Å². The first-order chi connectivity index (χ1) is 13.7. The molecule has 1 saturated carbocycles. The fraction of sp³-hybridized carbons (Fsp3) is 0.273. The Labute approximate surface area is 163 Å². The highest BCUT2D eigenvalue weighted by molar-refractivity contribution is 6.08. The van der Waals surface area contributed by atoms with E-state index in [9.17, 15) is 9.59 Å². The van der Waals surface area contributed by atoms with Crippen LogP contribution in [0.5, 0.6) is 0 Å². The Morgan fingerprint density at radius 1 is 0.893 bits per heavy atom. The standard InChI is InChI=1S/C22H22N4O2/c27-21(25-17-8-2-1-3-9-17)16-11-13-23-19(14-16)22(28)26-18-10-4-6-15-7-5-12-24-20(15)18/h4-7,10-14,17H,1-3,8-9H2,(H,25,27)(H,26,28). The molecule has 0 atom stereocenters. The van der Waals surface area contributed by atoms with E-state index in [4.69, 9.17) is 0 Å². The van der Waals surface area contributed by atoms with Crippen molar-refractivity contribution < 1.29 is 9.59 Å². The lowest BCUT2D eigenvalue weighted by atomic mass is 9.95. The molecule has 0 unspecified atom stereocenters. The number of carbonyl (C=O) groups excluding carboxylic acids is 2. The molecule has 6 nitrogen and oxygen atoms in total. The number of pyridine rings is 2. The van der Waals surface area contributed by atoms with Gasteiger partial charge in [-0.05, 0) is 37.1 Å². The van der Waals surface area contributed by atoms with Crippen LogP contribution >= 0.6 is 0 Å². The van der Waals surface area contributed by atoms with Gasteiger partial charge >= 0.3 is 0 Å². The number of aromatic nitrogens is 2. The third-order valence-corrected chi connectivity index (χ3v) is 5.08. The molecule has 142 valence electrons. The van der Waals surface area contributed by atoms with E-state index in [1.54, 1.807) is 18.3 Å². The normalized spacial score (nSPS) is 14.6. The molecule has 0 aliphatic heterocycles. The van der Waals surface area contributed by atoms with Crippen molar-refractivity contribution in [3.8, 4) is 0 Å². The highest BCUT2D eigenvalue weighted by Crippen LogP contribution is 2.21. The number of fused-ring (bicyclic) bond motifs is 1. The molecule has 3 aromatic rings. The summed E-state index contributed by atoms with van der Waals surface area (Å²) in [6.45, 7) is 0. The molecule has 0 bridgehead atoms. The van der Waals surface area contributed by atoms with E-state index in [0.29, 0.717) is 16.8 Å². The van der Waals surface area contributed by atoms with Crippen LogP contribution in [0.1, 0.15) is 53.0 Å². The second kappa shape index (κ2) is 8.17. The van der Waals surface area contributed by atoms with Crippen LogP contribution in [0.4, 0.5) is 5.69 Å². The maximum Gasteiger partial charge on any atom is 0.274 e. The van der Waals surface area contributed by atoms with Gasteiger partial charge in [-0.15, -0.1) is 0 Å². The molecule has 2 amide bonds. The first-order valence-electron chi connectivity index (χ1n) is 9.63. The van der Waals surface area contributed by atoms with Crippen LogP contribution in [0.3, 0.4) is 0 Å². The Morgan fingerprint density at radius 3 is 2.57 bits per heavy atom. The summed E-state index contributed by atoms with van der Waals surface area (Å²) >= 11 is 0. The molecule has 0 spiro atoms. The van der Waals surface area contributed by atoms with Crippen LogP contribution in [0.2, 0.25) is 0 Å². The Bertz CT molecular complexity index is 1010. The van der Waals surface area contributed by atoms with Crippen molar-refractivity contribution >= 4 is 28.4 Å². The summed E-state index contributed by atoms with van der Waals surface area (Å²) in [6.07, 6.45) is 8.73. The first-order valence-corrected chi connectivity index (χ1v) is 9.63. The molecular weight excluding hydrogens is 352 g/mol. The minimum Gasteiger partial charge on any atom is -0.349 e. The van der Waals surface area contributed by atoms with Gasteiger partial charge in [0.15, 0.2) is 0 Å². The summed E-state index contributed by atoms with van der Waals surface area (Å²) < 4.78 is 0. The molecule has 2 heterocycles. The third-order valence-electron chi connectivity index (χ3n) is 5.08. The maximum absolute atomic E-state index is 12.7. The van der Waals surface area contributed by atoms with E-state index >= 15 is 0 Å². The lowest BCUT2D eigenvalue weighted by Gasteiger charge is -2.22. The Balaban J connectivity index is 1.50. The van der Waals surface area contributed by atoms with Gasteiger partial charge in [-0.2, -0.15) is 0 Å². The average molecular weight is 374 g/mol. The van der Waals surface area contributed by atoms with Gasteiger partial charge in [-0.25, -0.2) is 0 Å². The zero-order chi connectivity index (χ0) is 19.3. The quantitative estimate of drug-likeness (QED) is 0.724. The van der Waals surface area contributed by atoms with Gasteiger partial charge < -0.3 is 10.6 Å². The van der Waals surface area contributed by atoms with Crippen molar-refractivity contribution in [1.29, 1.82) is 0 Å². The molecule has 1 fully saturated rings. The summed E-state index contributed by atoms with van der Waals surface area (Å²) in [5.74, 6) is -0.527. The van der Waals surface area contributed by atoms with Crippen LogP contribution < -0.4 is 10.6 Å². The van der Waals surface area contributed by atoms with Crippen LogP contribution in [0, 0.1) is 0 Å². The molecule has 1 aliphatic carbocycles. The van der Waals surface area contributed by atoms with Gasteiger partial charge in [0, 0.05) is 29.4 Å². The minimum absolute atomic E-state index is 0.157. The number of amides is 2. The van der Waals surface area contributed by atoms with E-state index in [1.165, 1.54) is 18.7 Å². The number of anilines is 1. The van der Waals surface area contributed by atoms with Gasteiger partial charge in [0.25, 0.3) is 11.8 Å². The number of nitrogens with one attached hydrogen (secondary N) is 2. The lowest BCUT2D eigenvalue weighted by molar-refractivity contribution is 0.0927. The van der Waals surface area contributed by atoms with Crippen LogP contribution in [-0.2, 0) is 0 Å². The number of rotatable bonds is 4. The predicted octanol–water partition coefficient (Wildman–Crippen LogP) is 3.94. The SMILES string of the molecule is O=C(NC1CCCCC1)c1ccnc(C(=O)Nc2cccc3cccnc23)c1. The van der Waals surface area contributed by atoms with Gasteiger partial charge in [0.05, 0.1) is 11.2 Å². The number of nitrogens with zero attached hydrogens (tertiary/aromatic N) is 2. The number of hydrogen-bond donors (Lipinski definition) is 2. The van der Waals surface area contributed by atoms with Crippen molar-refractivity contribution in [1.82, 2.24) is 15.3 Å². The minimum atomic E-state index is -0.370. The maximum atomic E-state index is 12.7. The second-order valence-corrected chi connectivity index (χ2v) is 7.07. The van der Waals surface area contributed by atoms with E-state index < -0.39 is 0 Å². The van der Waals surface area contributed by atoms with E-state index in [-0.39, 0.29) is 23.6 Å². The van der Waals surface area contributed by atoms with Gasteiger partial charge in [-0.1, -0.05) is 37.5 Å². The van der Waals surface area contributed by atoms with Crippen molar-refractivity contribution in [2.75, 3.05) is 5.32 Å². The average Bonchev–Trinajstić information content (AvgIpc) is 2.75. The molecular formula is C22H22N4O2. The molecule has 0 radical (unpaired) electrons. The Morgan fingerprint density at radius 2 is 1.71 bits per heavy atom. The van der Waals surface area contributed by atoms with Crippen molar-refractivity contribution in [2.45, 2.75) is 38.1 Å². The lowest BCUT2D eigenvalue weighted by Crippen LogP contribution is -2.36. The van der Waals surface area contributed by atoms with Gasteiger partial charge in [0.1, 0.15) is 5.69 Å². The fourth-order valence-electron chi connectivity index (χ4n) is 3.60. The summed E-state index contributed by atoms with van der Waals surface area (Å²) in [6, 6.07) is 12.8. The predicted molar refractivity (Wildman–Crippen MR) is 108 cm³/mol. The van der Waals surface area contributed by atoms with Crippen molar-refractivity contribution in [3.05, 3.63) is 66.1 Å². The molecule has 0 saturated heterocycles. The van der Waals surface area contributed by atoms with Gasteiger partial charge in [-0.3, -0.25) is 19.6 Å². The zero-order valence-corrected chi connectivity index (χ0v) is 15.5. The van der Waals surface area contributed by atoms with E-state index in [2.05, 4.69) is 20.6 Å². The monoisotopic (exact) mass is 374 g/mol. The highest BCUT2D eigenvalue weighted by Gasteiger charge is 2.18. The van der Waals surface area contributed by atoms with Gasteiger partial charge in [0.2, 0.25) is 0 Å². The molecule has 2 N–H and O–H groups in total. The second-order valence-electron chi connectivity index (χ2n) is 7.07. The number of hydrogen-bond acceptors (Lipinski definition) is 4. The van der Waals surface area contributed by atoms with E-state index in [1.807, 2.05) is 24.3 Å². The number of benzene rings is 1.